The Hall–Kier alpha value is -2.55. The number of nitrogens with one attached hydrogen (secondary N) is 1. The number of nitro groups is 1. The molecule has 0 bridgehead atoms. The van der Waals surface area contributed by atoms with Gasteiger partial charge in [-0.15, -0.1) is 6.42 Å². The fraction of sp³-hybridized carbons (Fsp3) is 0.250. The second-order valence-corrected chi connectivity index (χ2v) is 4.25. The van der Waals surface area contributed by atoms with E-state index in [9.17, 15) is 14.9 Å². The molecule has 0 aromatic heterocycles. The van der Waals surface area contributed by atoms with Gasteiger partial charge in [0.25, 0.3) is 5.69 Å². The molecule has 6 nitrogen and oxygen atoms in total. The van der Waals surface area contributed by atoms with Crippen LogP contribution in [0.15, 0.2) is 18.2 Å². The lowest BCUT2D eigenvalue weighted by Gasteiger charge is -2.20. The molecule has 3 N–H and O–H groups in total. The zero-order valence-corrected chi connectivity index (χ0v) is 10.1. The highest BCUT2D eigenvalue weighted by molar-refractivity contribution is 5.94. The summed E-state index contributed by atoms with van der Waals surface area (Å²) >= 11 is 0. The highest BCUT2D eigenvalue weighted by Crippen LogP contribution is 2.27. The van der Waals surface area contributed by atoms with Gasteiger partial charge < -0.3 is 11.1 Å². The van der Waals surface area contributed by atoms with Gasteiger partial charge in [0, 0.05) is 11.6 Å². The van der Waals surface area contributed by atoms with Crippen molar-refractivity contribution in [3.8, 4) is 12.3 Å². The number of amides is 1. The number of terminal acetylenes is 1. The summed E-state index contributed by atoms with van der Waals surface area (Å²) in [7, 11) is 0. The maximum Gasteiger partial charge on any atom is 0.293 e. The molecule has 94 valence electrons. The Labute approximate surface area is 104 Å². The minimum absolute atomic E-state index is 0.0748. The minimum atomic E-state index is -0.737. The smallest absolute Gasteiger partial charge is 0.293 e. The van der Waals surface area contributed by atoms with Gasteiger partial charge in [-0.05, 0) is 26.0 Å². The first-order chi connectivity index (χ1) is 8.26. The van der Waals surface area contributed by atoms with Gasteiger partial charge in [-0.3, -0.25) is 14.9 Å². The Bertz CT molecular complexity index is 544. The second kappa shape index (κ2) is 4.75. The normalized spacial score (nSPS) is 10.5. The molecule has 0 radical (unpaired) electrons. The Morgan fingerprint density at radius 2 is 2.17 bits per heavy atom. The quantitative estimate of drug-likeness (QED) is 0.478. The molecular formula is C12H13N3O3. The lowest BCUT2D eigenvalue weighted by molar-refractivity contribution is -0.384. The minimum Gasteiger partial charge on any atom is -0.366 e. The molecule has 0 unspecified atom stereocenters. The lowest BCUT2D eigenvalue weighted by Crippen LogP contribution is -2.28. The van der Waals surface area contributed by atoms with Crippen molar-refractivity contribution in [1.82, 2.24) is 0 Å². The number of rotatable bonds is 4. The largest absolute Gasteiger partial charge is 0.366 e. The summed E-state index contributed by atoms with van der Waals surface area (Å²) in [5, 5.41) is 13.8. The van der Waals surface area contributed by atoms with Gasteiger partial charge in [0.2, 0.25) is 5.91 Å². The summed E-state index contributed by atoms with van der Waals surface area (Å²) in [6.45, 7) is 3.41. The molecular weight excluding hydrogens is 234 g/mol. The standard InChI is InChI=1S/C12H13N3O3/c1-4-12(2,3)14-9-6-5-8(11(13)16)7-10(9)15(17)18/h1,5-7,14H,2-3H3,(H2,13,16). The summed E-state index contributed by atoms with van der Waals surface area (Å²) in [6.07, 6.45) is 5.30. The number of primary amides is 1. The van der Waals surface area contributed by atoms with Gasteiger partial charge in [-0.25, -0.2) is 0 Å². The van der Waals surface area contributed by atoms with E-state index in [1.807, 2.05) is 0 Å². The van der Waals surface area contributed by atoms with E-state index in [4.69, 9.17) is 12.2 Å². The monoisotopic (exact) mass is 247 g/mol. The number of nitrogens with two attached hydrogens (primary N) is 1. The third kappa shape index (κ3) is 2.98. The summed E-state index contributed by atoms with van der Waals surface area (Å²) in [5.74, 6) is 1.75. The van der Waals surface area contributed by atoms with Crippen molar-refractivity contribution >= 4 is 17.3 Å². The highest BCUT2D eigenvalue weighted by Gasteiger charge is 2.21. The van der Waals surface area contributed by atoms with Crippen molar-refractivity contribution in [3.63, 3.8) is 0 Å². The van der Waals surface area contributed by atoms with E-state index in [1.54, 1.807) is 13.8 Å². The van der Waals surface area contributed by atoms with Crippen LogP contribution in [0, 0.1) is 22.5 Å². The number of hydrogen-bond acceptors (Lipinski definition) is 4. The van der Waals surface area contributed by atoms with Crippen LogP contribution in [0.2, 0.25) is 0 Å². The SMILES string of the molecule is C#CC(C)(C)Nc1ccc(C(N)=O)cc1[N+](=O)[O-]. The van der Waals surface area contributed by atoms with E-state index >= 15 is 0 Å². The molecule has 0 fully saturated rings. The molecule has 1 aromatic carbocycles. The van der Waals surface area contributed by atoms with E-state index in [0.717, 1.165) is 6.07 Å². The molecule has 1 aromatic rings. The van der Waals surface area contributed by atoms with E-state index in [1.165, 1.54) is 12.1 Å². The van der Waals surface area contributed by atoms with E-state index in [0.29, 0.717) is 0 Å². The van der Waals surface area contributed by atoms with Gasteiger partial charge in [0.1, 0.15) is 5.69 Å². The van der Waals surface area contributed by atoms with E-state index in [-0.39, 0.29) is 16.9 Å². The fourth-order valence-electron chi connectivity index (χ4n) is 1.31. The molecule has 0 heterocycles. The van der Waals surface area contributed by atoms with E-state index in [2.05, 4.69) is 11.2 Å². The van der Waals surface area contributed by atoms with Gasteiger partial charge in [0.05, 0.1) is 10.5 Å². The Morgan fingerprint density at radius 3 is 2.61 bits per heavy atom. The number of hydrogen-bond donors (Lipinski definition) is 2. The molecule has 18 heavy (non-hydrogen) atoms. The van der Waals surface area contributed by atoms with Crippen LogP contribution in [0.1, 0.15) is 24.2 Å². The maximum atomic E-state index is 11.0. The van der Waals surface area contributed by atoms with Gasteiger partial charge in [-0.1, -0.05) is 5.92 Å². The lowest BCUT2D eigenvalue weighted by atomic mass is 10.1. The molecule has 0 aliphatic carbocycles. The van der Waals surface area contributed by atoms with Crippen molar-refractivity contribution in [2.24, 2.45) is 5.73 Å². The van der Waals surface area contributed by atoms with Crippen LogP contribution in [-0.4, -0.2) is 16.4 Å². The maximum absolute atomic E-state index is 11.0. The molecule has 6 heteroatoms. The van der Waals surface area contributed by atoms with Crippen LogP contribution in [0.4, 0.5) is 11.4 Å². The molecule has 1 amide bonds. The van der Waals surface area contributed by atoms with Crippen LogP contribution in [0.3, 0.4) is 0 Å². The number of carbonyl (C=O) groups is 1. The third-order valence-electron chi connectivity index (χ3n) is 2.29. The predicted octanol–water partition coefficient (Wildman–Crippen LogP) is 1.52. The van der Waals surface area contributed by atoms with Crippen LogP contribution in [-0.2, 0) is 0 Å². The van der Waals surface area contributed by atoms with E-state index < -0.39 is 16.4 Å². The zero-order valence-electron chi connectivity index (χ0n) is 10.1. The first kappa shape index (κ1) is 13.5. The van der Waals surface area contributed by atoms with Crippen LogP contribution in [0.5, 0.6) is 0 Å². The number of carbonyl (C=O) groups excluding carboxylic acids is 1. The van der Waals surface area contributed by atoms with Gasteiger partial charge >= 0.3 is 0 Å². The Kier molecular flexibility index (Phi) is 3.57. The third-order valence-corrected chi connectivity index (χ3v) is 2.29. The summed E-state index contributed by atoms with van der Waals surface area (Å²) in [5.41, 5.74) is 4.41. The molecule has 1 rings (SSSR count). The number of anilines is 1. The first-order valence-electron chi connectivity index (χ1n) is 5.11. The molecule has 0 aliphatic rings. The molecule has 0 spiro atoms. The van der Waals surface area contributed by atoms with Crippen LogP contribution in [0.25, 0.3) is 0 Å². The summed E-state index contributed by atoms with van der Waals surface area (Å²) in [4.78, 5) is 21.3. The molecule has 0 aliphatic heterocycles. The van der Waals surface area contributed by atoms with Gasteiger partial charge in [-0.2, -0.15) is 0 Å². The van der Waals surface area contributed by atoms with Crippen molar-refractivity contribution < 1.29 is 9.72 Å². The summed E-state index contributed by atoms with van der Waals surface area (Å²) in [6, 6.07) is 3.94. The Morgan fingerprint density at radius 1 is 1.56 bits per heavy atom. The van der Waals surface area contributed by atoms with Crippen LogP contribution < -0.4 is 11.1 Å². The number of nitro benzene ring substituents is 1. The van der Waals surface area contributed by atoms with Gasteiger partial charge in [0.15, 0.2) is 0 Å². The highest BCUT2D eigenvalue weighted by atomic mass is 16.6. The topological polar surface area (TPSA) is 98.3 Å². The van der Waals surface area contributed by atoms with Crippen molar-refractivity contribution in [1.29, 1.82) is 0 Å². The van der Waals surface area contributed by atoms with Crippen molar-refractivity contribution in [3.05, 3.63) is 33.9 Å². The van der Waals surface area contributed by atoms with Crippen molar-refractivity contribution in [2.75, 3.05) is 5.32 Å². The number of benzene rings is 1. The second-order valence-electron chi connectivity index (χ2n) is 4.25. The fourth-order valence-corrected chi connectivity index (χ4v) is 1.31. The van der Waals surface area contributed by atoms with Crippen molar-refractivity contribution in [2.45, 2.75) is 19.4 Å². The molecule has 0 saturated carbocycles. The average molecular weight is 247 g/mol. The first-order valence-corrected chi connectivity index (χ1v) is 5.11. The molecule has 0 atom stereocenters. The average Bonchev–Trinajstić information content (AvgIpc) is 2.28. The van der Waals surface area contributed by atoms with Crippen LogP contribution >= 0.6 is 0 Å². The Balaban J connectivity index is 3.25. The number of nitrogens with zero attached hydrogens (tertiary/aromatic N) is 1. The molecule has 0 saturated heterocycles. The predicted molar refractivity (Wildman–Crippen MR) is 68.1 cm³/mol. The summed E-state index contributed by atoms with van der Waals surface area (Å²) < 4.78 is 0. The zero-order chi connectivity index (χ0) is 13.9.